The van der Waals surface area contributed by atoms with Crippen LogP contribution >= 0.6 is 0 Å². The van der Waals surface area contributed by atoms with Gasteiger partial charge in [-0.1, -0.05) is 12.1 Å². The number of amides is 2. The number of ether oxygens (including phenoxy) is 1. The molecule has 10 nitrogen and oxygen atoms in total. The first-order chi connectivity index (χ1) is 16.2. The Hall–Kier alpha value is -4.16. The molecular weight excluding hydrogens is 455 g/mol. The molecule has 1 fully saturated rings. The Labute approximate surface area is 191 Å². The third-order valence-electron chi connectivity index (χ3n) is 5.11. The molecule has 178 valence electrons. The van der Waals surface area contributed by atoms with Gasteiger partial charge in [0.1, 0.15) is 0 Å². The average Bonchev–Trinajstić information content (AvgIpc) is 3.23. The molecule has 0 saturated carbocycles. The van der Waals surface area contributed by atoms with Gasteiger partial charge in [-0.15, -0.1) is 10.2 Å². The zero-order chi connectivity index (χ0) is 24.3. The van der Waals surface area contributed by atoms with Gasteiger partial charge in [0, 0.05) is 44.0 Å². The molecule has 0 atom stereocenters. The van der Waals surface area contributed by atoms with Crippen molar-refractivity contribution in [2.24, 2.45) is 0 Å². The number of piperazine rings is 1. The summed E-state index contributed by atoms with van der Waals surface area (Å²) < 4.78 is 44.8. The SMILES string of the molecule is Cc1cc(NC(=O)Oc2ccc(N3CCN(C(=O)c4ccccc4C(F)(F)F)CC3)nn2)n[nH]1. The lowest BCUT2D eigenvalue weighted by atomic mass is 10.1. The van der Waals surface area contributed by atoms with Gasteiger partial charge in [0.2, 0.25) is 5.88 Å². The van der Waals surface area contributed by atoms with Crippen molar-refractivity contribution in [3.8, 4) is 5.88 Å². The molecule has 1 saturated heterocycles. The van der Waals surface area contributed by atoms with Gasteiger partial charge in [-0.25, -0.2) is 4.79 Å². The molecule has 1 aliphatic rings. The quantitative estimate of drug-likeness (QED) is 0.596. The molecule has 0 spiro atoms. The summed E-state index contributed by atoms with van der Waals surface area (Å²) >= 11 is 0. The van der Waals surface area contributed by atoms with Gasteiger partial charge < -0.3 is 14.5 Å². The summed E-state index contributed by atoms with van der Waals surface area (Å²) in [7, 11) is 0. The predicted molar refractivity (Wildman–Crippen MR) is 115 cm³/mol. The summed E-state index contributed by atoms with van der Waals surface area (Å²) in [4.78, 5) is 27.8. The van der Waals surface area contributed by atoms with Crippen LogP contribution in [0.2, 0.25) is 0 Å². The van der Waals surface area contributed by atoms with Gasteiger partial charge >= 0.3 is 12.3 Å². The molecule has 0 bridgehead atoms. The van der Waals surface area contributed by atoms with Crippen LogP contribution < -0.4 is 15.0 Å². The molecule has 3 heterocycles. The van der Waals surface area contributed by atoms with Gasteiger partial charge in [-0.05, 0) is 25.1 Å². The molecule has 3 aromatic rings. The topological polar surface area (TPSA) is 116 Å². The maximum atomic E-state index is 13.2. The number of aromatic nitrogens is 4. The average molecular weight is 475 g/mol. The van der Waals surface area contributed by atoms with Gasteiger partial charge in [-0.2, -0.15) is 18.3 Å². The van der Waals surface area contributed by atoms with Crippen molar-refractivity contribution < 1.29 is 27.5 Å². The molecule has 1 aromatic carbocycles. The molecule has 0 unspecified atom stereocenters. The van der Waals surface area contributed by atoms with Crippen LogP contribution in [0.25, 0.3) is 0 Å². The molecule has 13 heteroatoms. The molecule has 2 aromatic heterocycles. The Morgan fingerprint density at radius 1 is 1.06 bits per heavy atom. The summed E-state index contributed by atoms with van der Waals surface area (Å²) in [6.45, 7) is 2.93. The smallest absolute Gasteiger partial charge is 0.389 e. The standard InChI is InChI=1S/C21H20F3N7O3/c1-13-12-16(27-26-13)25-20(33)34-18-7-6-17(28-29-18)30-8-10-31(11-9-30)19(32)14-4-2-3-5-15(14)21(22,23)24/h2-7,12H,8-11H2,1H3,(H2,25,26,27,33). The van der Waals surface area contributed by atoms with Crippen molar-refractivity contribution in [3.63, 3.8) is 0 Å². The molecular formula is C21H20F3N7O3. The van der Waals surface area contributed by atoms with Crippen molar-refractivity contribution in [3.05, 3.63) is 59.3 Å². The molecule has 0 aliphatic carbocycles. The zero-order valence-corrected chi connectivity index (χ0v) is 18.0. The number of nitrogens with one attached hydrogen (secondary N) is 2. The van der Waals surface area contributed by atoms with Gasteiger partial charge in [0.05, 0.1) is 11.1 Å². The van der Waals surface area contributed by atoms with E-state index in [1.54, 1.807) is 19.1 Å². The third kappa shape index (κ3) is 5.24. The lowest BCUT2D eigenvalue weighted by Gasteiger charge is -2.35. The Bertz CT molecular complexity index is 1170. The fourth-order valence-corrected chi connectivity index (χ4v) is 3.47. The first kappa shape index (κ1) is 23.0. The monoisotopic (exact) mass is 475 g/mol. The Kier molecular flexibility index (Phi) is 6.34. The Morgan fingerprint density at radius 2 is 1.79 bits per heavy atom. The fraction of sp³-hybridized carbons (Fsp3) is 0.286. The Morgan fingerprint density at radius 3 is 2.41 bits per heavy atom. The highest BCUT2D eigenvalue weighted by Crippen LogP contribution is 2.32. The van der Waals surface area contributed by atoms with Crippen LogP contribution in [-0.2, 0) is 6.18 Å². The number of carbonyl (C=O) groups is 2. The number of hydrogen-bond acceptors (Lipinski definition) is 7. The van der Waals surface area contributed by atoms with E-state index >= 15 is 0 Å². The number of rotatable bonds is 4. The van der Waals surface area contributed by atoms with Crippen LogP contribution in [0.1, 0.15) is 21.6 Å². The molecule has 2 amide bonds. The number of anilines is 2. The summed E-state index contributed by atoms with van der Waals surface area (Å²) in [5.74, 6) is 0.0995. The summed E-state index contributed by atoms with van der Waals surface area (Å²) in [5.41, 5.74) is -0.547. The number of nitrogens with zero attached hydrogens (tertiary/aromatic N) is 5. The first-order valence-electron chi connectivity index (χ1n) is 10.3. The second-order valence-electron chi connectivity index (χ2n) is 7.50. The highest BCUT2D eigenvalue weighted by molar-refractivity contribution is 5.96. The van der Waals surface area contributed by atoms with E-state index in [1.165, 1.54) is 29.2 Å². The number of aryl methyl sites for hydroxylation is 1. The van der Waals surface area contributed by atoms with E-state index in [9.17, 15) is 22.8 Å². The zero-order valence-electron chi connectivity index (χ0n) is 18.0. The van der Waals surface area contributed by atoms with Crippen LogP contribution in [-0.4, -0.2) is 63.5 Å². The van der Waals surface area contributed by atoms with Gasteiger partial charge in [-0.3, -0.25) is 15.2 Å². The summed E-state index contributed by atoms with van der Waals surface area (Å²) in [6.07, 6.45) is -5.39. The molecule has 2 N–H and O–H groups in total. The highest BCUT2D eigenvalue weighted by Gasteiger charge is 2.36. The van der Waals surface area contributed by atoms with Crippen LogP contribution in [0.3, 0.4) is 0 Å². The van der Waals surface area contributed by atoms with Crippen LogP contribution in [0.15, 0.2) is 42.5 Å². The van der Waals surface area contributed by atoms with E-state index < -0.39 is 23.7 Å². The number of aromatic amines is 1. The largest absolute Gasteiger partial charge is 0.419 e. The molecule has 0 radical (unpaired) electrons. The van der Waals surface area contributed by atoms with Crippen LogP contribution in [0.4, 0.5) is 29.6 Å². The number of hydrogen-bond donors (Lipinski definition) is 2. The van der Waals surface area contributed by atoms with Gasteiger partial charge in [0.15, 0.2) is 11.6 Å². The normalized spacial score (nSPS) is 14.1. The highest BCUT2D eigenvalue weighted by atomic mass is 19.4. The number of alkyl halides is 3. The van der Waals surface area contributed by atoms with Crippen LogP contribution in [0, 0.1) is 6.92 Å². The molecule has 4 rings (SSSR count). The second-order valence-corrected chi connectivity index (χ2v) is 7.50. The van der Waals surface area contributed by atoms with E-state index in [2.05, 4.69) is 25.7 Å². The molecule has 34 heavy (non-hydrogen) atoms. The number of carbonyl (C=O) groups excluding carboxylic acids is 2. The van der Waals surface area contributed by atoms with Crippen molar-refractivity contribution in [1.29, 1.82) is 0 Å². The summed E-state index contributed by atoms with van der Waals surface area (Å²) in [5, 5.41) is 16.9. The number of halogens is 3. The first-order valence-corrected chi connectivity index (χ1v) is 10.3. The molecule has 1 aliphatic heterocycles. The van der Waals surface area contributed by atoms with Crippen molar-refractivity contribution in [2.45, 2.75) is 13.1 Å². The van der Waals surface area contributed by atoms with Crippen molar-refractivity contribution >= 4 is 23.6 Å². The van der Waals surface area contributed by atoms with Crippen molar-refractivity contribution in [1.82, 2.24) is 25.3 Å². The van der Waals surface area contributed by atoms with E-state index in [0.29, 0.717) is 24.7 Å². The number of benzene rings is 1. The van der Waals surface area contributed by atoms with Crippen molar-refractivity contribution in [2.75, 3.05) is 36.4 Å². The minimum absolute atomic E-state index is 0.0221. The van der Waals surface area contributed by atoms with E-state index in [4.69, 9.17) is 4.74 Å². The van der Waals surface area contributed by atoms with Gasteiger partial charge in [0.25, 0.3) is 5.91 Å². The maximum Gasteiger partial charge on any atom is 0.419 e. The predicted octanol–water partition coefficient (Wildman–Crippen LogP) is 3.10. The Balaban J connectivity index is 1.33. The number of H-pyrrole nitrogens is 1. The van der Waals surface area contributed by atoms with E-state index in [1.807, 2.05) is 4.90 Å². The van der Waals surface area contributed by atoms with Crippen LogP contribution in [0.5, 0.6) is 5.88 Å². The third-order valence-corrected chi connectivity index (χ3v) is 5.11. The fourth-order valence-electron chi connectivity index (χ4n) is 3.47. The minimum atomic E-state index is -4.61. The second kappa shape index (κ2) is 9.37. The van der Waals surface area contributed by atoms with E-state index in [-0.39, 0.29) is 24.5 Å². The maximum absolute atomic E-state index is 13.2. The minimum Gasteiger partial charge on any atom is -0.389 e. The van der Waals surface area contributed by atoms with E-state index in [0.717, 1.165) is 11.8 Å². The summed E-state index contributed by atoms with van der Waals surface area (Å²) in [6, 6.07) is 9.45. The lowest BCUT2D eigenvalue weighted by molar-refractivity contribution is -0.138. The lowest BCUT2D eigenvalue weighted by Crippen LogP contribution is -2.49.